The number of amides is 3. The Labute approximate surface area is 277 Å². The van der Waals surface area contributed by atoms with Crippen LogP contribution in [0.15, 0.2) is 48.5 Å². The molecule has 1 saturated heterocycles. The standard InChI is InChI=1S/C33H41N3O8S2/c1-33(2)36(32(41)44-19-25-23-14-9-7-12-21(23)22-13-8-10-15-24(22)25)27(20-45-46-33)30(39)34-17-11-5-6-16-28(37)35-26(31(40)43-4)18-29(38)42-3/h7-10,12-15,25-27H,5-6,11,16-20H2,1-4H3,(H,34,39)(H,35,37). The normalized spacial score (nSPS) is 17.2. The number of ether oxygens (including phenoxy) is 3. The van der Waals surface area contributed by atoms with E-state index < -0.39 is 35.0 Å². The van der Waals surface area contributed by atoms with E-state index in [1.54, 1.807) is 15.7 Å². The molecule has 248 valence electrons. The molecule has 2 N–H and O–H groups in total. The van der Waals surface area contributed by atoms with Gasteiger partial charge in [-0.25, -0.2) is 9.59 Å². The van der Waals surface area contributed by atoms with Crippen molar-refractivity contribution in [2.75, 3.05) is 33.1 Å². The van der Waals surface area contributed by atoms with Crippen molar-refractivity contribution in [3.05, 3.63) is 59.7 Å². The lowest BCUT2D eigenvalue weighted by atomic mass is 9.98. The molecule has 0 saturated carbocycles. The van der Waals surface area contributed by atoms with Gasteiger partial charge in [0.15, 0.2) is 0 Å². The van der Waals surface area contributed by atoms with Gasteiger partial charge in [0.2, 0.25) is 11.8 Å². The fourth-order valence-electron chi connectivity index (χ4n) is 5.71. The van der Waals surface area contributed by atoms with Gasteiger partial charge in [0.05, 0.1) is 25.5 Å². The lowest BCUT2D eigenvalue weighted by Crippen LogP contribution is -2.60. The molecule has 3 amide bonds. The molecule has 2 atom stereocenters. The summed E-state index contributed by atoms with van der Waals surface area (Å²) in [6, 6.07) is 14.5. The first-order valence-corrected chi connectivity index (χ1v) is 17.6. The number of rotatable bonds is 13. The predicted molar refractivity (Wildman–Crippen MR) is 177 cm³/mol. The second kappa shape index (κ2) is 16.2. The maximum atomic E-state index is 13.6. The molecular weight excluding hydrogens is 631 g/mol. The third kappa shape index (κ3) is 8.55. The first-order chi connectivity index (χ1) is 22.1. The maximum Gasteiger partial charge on any atom is 0.411 e. The van der Waals surface area contributed by atoms with Crippen LogP contribution in [-0.2, 0) is 33.4 Å². The Bertz CT molecular complexity index is 1390. The van der Waals surface area contributed by atoms with Crippen LogP contribution >= 0.6 is 21.6 Å². The van der Waals surface area contributed by atoms with Gasteiger partial charge in [0.1, 0.15) is 18.7 Å². The van der Waals surface area contributed by atoms with Gasteiger partial charge in [-0.1, -0.05) is 76.5 Å². The van der Waals surface area contributed by atoms with Crippen LogP contribution in [0.25, 0.3) is 11.1 Å². The SMILES string of the molecule is COC(=O)CC(NC(=O)CCCCCNC(=O)C1CSSC(C)(C)N1C(=O)OCC1c2ccccc2-c2ccccc21)C(=O)OC. The average molecular weight is 672 g/mol. The second-order valence-corrected chi connectivity index (χ2v) is 14.5. The molecule has 0 radical (unpaired) electrons. The number of carbonyl (C=O) groups excluding carboxylic acids is 5. The topological polar surface area (TPSA) is 140 Å². The van der Waals surface area contributed by atoms with Crippen LogP contribution in [0.2, 0.25) is 0 Å². The molecule has 0 spiro atoms. The molecule has 1 aliphatic carbocycles. The maximum absolute atomic E-state index is 13.6. The molecule has 2 aliphatic rings. The van der Waals surface area contributed by atoms with E-state index >= 15 is 0 Å². The summed E-state index contributed by atoms with van der Waals surface area (Å²) < 4.78 is 15.2. The van der Waals surface area contributed by atoms with Crippen LogP contribution < -0.4 is 10.6 Å². The molecule has 0 aromatic heterocycles. The highest BCUT2D eigenvalue weighted by atomic mass is 33.1. The summed E-state index contributed by atoms with van der Waals surface area (Å²) in [5, 5.41) is 5.45. The zero-order chi connectivity index (χ0) is 33.3. The van der Waals surface area contributed by atoms with Crippen molar-refractivity contribution in [2.24, 2.45) is 0 Å². The largest absolute Gasteiger partial charge is 0.469 e. The number of hydrogen-bond donors (Lipinski definition) is 2. The number of esters is 2. The van der Waals surface area contributed by atoms with Crippen LogP contribution in [0.5, 0.6) is 0 Å². The fraction of sp³-hybridized carbons (Fsp3) is 0.485. The quantitative estimate of drug-likeness (QED) is 0.134. The van der Waals surface area contributed by atoms with E-state index in [1.807, 2.05) is 38.1 Å². The monoisotopic (exact) mass is 671 g/mol. The minimum Gasteiger partial charge on any atom is -0.469 e. The van der Waals surface area contributed by atoms with E-state index in [1.165, 1.54) is 25.0 Å². The van der Waals surface area contributed by atoms with Gasteiger partial charge in [0, 0.05) is 24.6 Å². The minimum atomic E-state index is -1.11. The molecule has 46 heavy (non-hydrogen) atoms. The summed E-state index contributed by atoms with van der Waals surface area (Å²) in [4.78, 5) is 63.6. The predicted octanol–water partition coefficient (Wildman–Crippen LogP) is 4.63. The van der Waals surface area contributed by atoms with E-state index in [4.69, 9.17) is 4.74 Å². The Balaban J connectivity index is 1.26. The lowest BCUT2D eigenvalue weighted by molar-refractivity contribution is -0.150. The number of fused-ring (bicyclic) bond motifs is 3. The number of nitrogens with zero attached hydrogens (tertiary/aromatic N) is 1. The molecule has 1 fully saturated rings. The molecular formula is C33H41N3O8S2. The highest BCUT2D eigenvalue weighted by Gasteiger charge is 2.45. The van der Waals surface area contributed by atoms with Crippen molar-refractivity contribution in [1.82, 2.24) is 15.5 Å². The minimum absolute atomic E-state index is 0.0835. The zero-order valence-corrected chi connectivity index (χ0v) is 28.2. The molecule has 0 bridgehead atoms. The summed E-state index contributed by atoms with van der Waals surface area (Å²) in [5.74, 6) is -1.66. The summed E-state index contributed by atoms with van der Waals surface area (Å²) >= 11 is 0. The Hall–Kier alpha value is -3.71. The first kappa shape index (κ1) is 35.1. The van der Waals surface area contributed by atoms with Crippen LogP contribution in [0.1, 0.15) is 63.0 Å². The number of unbranched alkanes of at least 4 members (excludes halogenated alkanes) is 2. The van der Waals surface area contributed by atoms with E-state index in [0.29, 0.717) is 31.6 Å². The highest BCUT2D eigenvalue weighted by molar-refractivity contribution is 8.77. The van der Waals surface area contributed by atoms with Crippen molar-refractivity contribution in [3.8, 4) is 11.1 Å². The Morgan fingerprint density at radius 2 is 1.59 bits per heavy atom. The van der Waals surface area contributed by atoms with Gasteiger partial charge in [-0.15, -0.1) is 0 Å². The van der Waals surface area contributed by atoms with Crippen LogP contribution in [-0.4, -0.2) is 84.8 Å². The molecule has 1 aliphatic heterocycles. The van der Waals surface area contributed by atoms with Crippen LogP contribution in [0.3, 0.4) is 0 Å². The van der Waals surface area contributed by atoms with Gasteiger partial charge >= 0.3 is 18.0 Å². The summed E-state index contributed by atoms with van der Waals surface area (Å²) in [6.45, 7) is 4.36. The summed E-state index contributed by atoms with van der Waals surface area (Å²) in [7, 11) is 5.45. The Morgan fingerprint density at radius 3 is 2.22 bits per heavy atom. The third-order valence-electron chi connectivity index (χ3n) is 8.02. The molecule has 4 rings (SSSR count). The van der Waals surface area contributed by atoms with Gasteiger partial charge in [0.25, 0.3) is 0 Å². The third-order valence-corrected chi connectivity index (χ3v) is 11.2. The molecule has 2 aromatic carbocycles. The molecule has 2 aromatic rings. The molecule has 2 unspecified atom stereocenters. The summed E-state index contributed by atoms with van der Waals surface area (Å²) in [5.41, 5.74) is 4.53. The van der Waals surface area contributed by atoms with Crippen LogP contribution in [0, 0.1) is 0 Å². The summed E-state index contributed by atoms with van der Waals surface area (Å²) in [6.07, 6.45) is 1.08. The van der Waals surface area contributed by atoms with E-state index in [2.05, 4.69) is 44.4 Å². The van der Waals surface area contributed by atoms with Gasteiger partial charge < -0.3 is 24.8 Å². The highest BCUT2D eigenvalue weighted by Crippen LogP contribution is 2.47. The van der Waals surface area contributed by atoms with E-state index in [9.17, 15) is 24.0 Å². The first-order valence-electron chi connectivity index (χ1n) is 15.2. The van der Waals surface area contributed by atoms with Crippen molar-refractivity contribution < 1.29 is 38.2 Å². The van der Waals surface area contributed by atoms with Gasteiger partial charge in [-0.3, -0.25) is 19.3 Å². The van der Waals surface area contributed by atoms with Gasteiger partial charge in [-0.05, 0) is 48.9 Å². The Kier molecular flexibility index (Phi) is 12.4. The Morgan fingerprint density at radius 1 is 0.935 bits per heavy atom. The van der Waals surface area contributed by atoms with Crippen molar-refractivity contribution >= 4 is 51.4 Å². The number of nitrogens with one attached hydrogen (secondary N) is 2. The molecule has 13 heteroatoms. The number of benzene rings is 2. The average Bonchev–Trinajstić information content (AvgIpc) is 3.37. The molecule has 11 nitrogen and oxygen atoms in total. The van der Waals surface area contributed by atoms with Gasteiger partial charge in [-0.2, -0.15) is 0 Å². The lowest BCUT2D eigenvalue weighted by Gasteiger charge is -2.44. The number of carbonyl (C=O) groups is 5. The number of hydrogen-bond acceptors (Lipinski definition) is 10. The second-order valence-electron chi connectivity index (χ2n) is 11.5. The fourth-order valence-corrected chi connectivity index (χ4v) is 8.47. The van der Waals surface area contributed by atoms with Crippen molar-refractivity contribution in [1.29, 1.82) is 0 Å². The van der Waals surface area contributed by atoms with E-state index in [-0.39, 0.29) is 37.2 Å². The van der Waals surface area contributed by atoms with Crippen LogP contribution in [0.4, 0.5) is 4.79 Å². The van der Waals surface area contributed by atoms with Crippen molar-refractivity contribution in [2.45, 2.75) is 68.8 Å². The zero-order valence-electron chi connectivity index (χ0n) is 26.5. The molecule has 1 heterocycles. The number of methoxy groups -OCH3 is 2. The van der Waals surface area contributed by atoms with Crippen molar-refractivity contribution in [3.63, 3.8) is 0 Å². The smallest absolute Gasteiger partial charge is 0.411 e. The van der Waals surface area contributed by atoms with E-state index in [0.717, 1.165) is 22.3 Å².